The number of fused-ring (bicyclic) bond motifs is 7. The molecule has 0 spiro atoms. The molecule has 2 N–H and O–H groups in total. The van der Waals surface area contributed by atoms with E-state index in [1.54, 1.807) is 0 Å². The molecule has 2 nitrogen and oxygen atoms in total. The Morgan fingerprint density at radius 1 is 0.750 bits per heavy atom. The van der Waals surface area contributed by atoms with Gasteiger partial charge in [-0.15, -0.1) is 0 Å². The fourth-order valence-corrected chi connectivity index (χ4v) is 10.5. The maximum absolute atomic E-state index is 11.4. The van der Waals surface area contributed by atoms with Gasteiger partial charge in [0.25, 0.3) is 0 Å². The van der Waals surface area contributed by atoms with Gasteiger partial charge in [-0.25, -0.2) is 0 Å². The van der Waals surface area contributed by atoms with Crippen molar-refractivity contribution in [1.82, 2.24) is 0 Å². The van der Waals surface area contributed by atoms with E-state index >= 15 is 0 Å². The maximum atomic E-state index is 11.4. The molecule has 0 aromatic heterocycles. The van der Waals surface area contributed by atoms with Crippen molar-refractivity contribution in [1.29, 1.82) is 0 Å². The molecular formula is C30H50O2. The van der Waals surface area contributed by atoms with Crippen LogP contribution in [0.1, 0.15) is 113 Å². The third-order valence-electron chi connectivity index (χ3n) is 13.1. The summed E-state index contributed by atoms with van der Waals surface area (Å²) in [6, 6.07) is 0. The van der Waals surface area contributed by atoms with Gasteiger partial charge in [0.05, 0.1) is 12.2 Å². The molecular weight excluding hydrogens is 392 g/mol. The second-order valence-corrected chi connectivity index (χ2v) is 15.4. The van der Waals surface area contributed by atoms with Gasteiger partial charge in [-0.3, -0.25) is 0 Å². The lowest BCUT2D eigenvalue weighted by molar-refractivity contribution is -0.237. The van der Waals surface area contributed by atoms with Crippen LogP contribution in [0.15, 0.2) is 11.6 Å². The first-order valence-electron chi connectivity index (χ1n) is 13.7. The highest BCUT2D eigenvalue weighted by Crippen LogP contribution is 2.77. The van der Waals surface area contributed by atoms with Crippen LogP contribution in [0.25, 0.3) is 0 Å². The predicted molar refractivity (Wildman–Crippen MR) is 132 cm³/mol. The Hall–Kier alpha value is -0.340. The summed E-state index contributed by atoms with van der Waals surface area (Å²) in [5.41, 5.74) is 2.93. The van der Waals surface area contributed by atoms with Crippen LogP contribution in [0.2, 0.25) is 0 Å². The Bertz CT molecular complexity index is 825. The fraction of sp³-hybridized carbons (Fsp3) is 0.933. The van der Waals surface area contributed by atoms with Crippen LogP contribution >= 0.6 is 0 Å². The first kappa shape index (κ1) is 23.4. The molecule has 4 fully saturated rings. The molecule has 32 heavy (non-hydrogen) atoms. The highest BCUT2D eigenvalue weighted by molar-refractivity contribution is 5.32. The average molecular weight is 443 g/mol. The van der Waals surface area contributed by atoms with Gasteiger partial charge in [0.15, 0.2) is 0 Å². The number of hydrogen-bond donors (Lipinski definition) is 2. The van der Waals surface area contributed by atoms with Crippen LogP contribution < -0.4 is 0 Å². The Balaban J connectivity index is 1.59. The molecule has 5 rings (SSSR count). The van der Waals surface area contributed by atoms with E-state index < -0.39 is 12.2 Å². The van der Waals surface area contributed by atoms with Crippen LogP contribution in [-0.4, -0.2) is 22.4 Å². The number of aliphatic hydroxyl groups is 2. The predicted octanol–water partition coefficient (Wildman–Crippen LogP) is 7.14. The lowest BCUT2D eigenvalue weighted by Crippen LogP contribution is -2.67. The first-order valence-corrected chi connectivity index (χ1v) is 13.7. The van der Waals surface area contributed by atoms with Gasteiger partial charge >= 0.3 is 0 Å². The van der Waals surface area contributed by atoms with Crippen molar-refractivity contribution < 1.29 is 10.2 Å². The van der Waals surface area contributed by atoms with Crippen LogP contribution in [0, 0.1) is 50.2 Å². The van der Waals surface area contributed by atoms with Crippen molar-refractivity contribution in [3.63, 3.8) is 0 Å². The summed E-state index contributed by atoms with van der Waals surface area (Å²) in [6.07, 6.45) is 12.7. The first-order chi connectivity index (χ1) is 14.6. The van der Waals surface area contributed by atoms with E-state index in [4.69, 9.17) is 0 Å². The van der Waals surface area contributed by atoms with Gasteiger partial charge in [0, 0.05) is 17.8 Å². The van der Waals surface area contributed by atoms with Gasteiger partial charge < -0.3 is 10.2 Å². The van der Waals surface area contributed by atoms with Crippen molar-refractivity contribution in [2.45, 2.75) is 125 Å². The van der Waals surface area contributed by atoms with Crippen molar-refractivity contribution in [2.24, 2.45) is 50.2 Å². The van der Waals surface area contributed by atoms with E-state index in [9.17, 15) is 10.2 Å². The van der Waals surface area contributed by atoms with Crippen LogP contribution in [0.5, 0.6) is 0 Å². The Kier molecular flexibility index (Phi) is 4.87. The zero-order chi connectivity index (χ0) is 23.5. The van der Waals surface area contributed by atoms with Crippen LogP contribution in [-0.2, 0) is 0 Å². The van der Waals surface area contributed by atoms with E-state index in [1.165, 1.54) is 50.5 Å². The third kappa shape index (κ3) is 2.78. The Labute approximate surface area is 197 Å². The summed E-state index contributed by atoms with van der Waals surface area (Å²) in [7, 11) is 0. The maximum Gasteiger partial charge on any atom is 0.0653 e. The molecule has 9 atom stereocenters. The standard InChI is InChI=1S/C30H50O2/c1-25(2)11-12-27(5)13-15-29(7)21-10-9-19-24(20(31)17-23(32)26(19,3)4)28(21,6)14-16-30(29,8)22(27)18-25/h9,20-24,31-32H,10-18H2,1-8H3/t20-,21?,22+,23-,24?,27+,28+,29+,30-/m0/s1. The fourth-order valence-electron chi connectivity index (χ4n) is 10.5. The number of aliphatic hydroxyl groups excluding tert-OH is 2. The summed E-state index contributed by atoms with van der Waals surface area (Å²) < 4.78 is 0. The molecule has 0 amide bonds. The van der Waals surface area contributed by atoms with Crippen LogP contribution in [0.4, 0.5) is 0 Å². The molecule has 5 aliphatic carbocycles. The lowest BCUT2D eigenvalue weighted by Gasteiger charge is -2.73. The molecule has 0 aliphatic heterocycles. The summed E-state index contributed by atoms with van der Waals surface area (Å²) >= 11 is 0. The Morgan fingerprint density at radius 3 is 2.03 bits per heavy atom. The smallest absolute Gasteiger partial charge is 0.0653 e. The van der Waals surface area contributed by atoms with E-state index in [0.29, 0.717) is 34.0 Å². The van der Waals surface area contributed by atoms with Gasteiger partial charge in [0.2, 0.25) is 0 Å². The minimum absolute atomic E-state index is 0.132. The zero-order valence-corrected chi connectivity index (χ0v) is 22.2. The highest BCUT2D eigenvalue weighted by atomic mass is 16.3. The highest BCUT2D eigenvalue weighted by Gasteiger charge is 2.69. The third-order valence-corrected chi connectivity index (χ3v) is 13.1. The van der Waals surface area contributed by atoms with Crippen molar-refractivity contribution >= 4 is 0 Å². The molecule has 0 saturated heterocycles. The number of rotatable bonds is 0. The quantitative estimate of drug-likeness (QED) is 0.391. The summed E-state index contributed by atoms with van der Waals surface area (Å²) in [4.78, 5) is 0. The van der Waals surface area contributed by atoms with E-state index in [1.807, 2.05) is 0 Å². The molecule has 0 aromatic carbocycles. The zero-order valence-electron chi connectivity index (χ0n) is 22.2. The lowest BCUT2D eigenvalue weighted by atomic mass is 9.31. The summed E-state index contributed by atoms with van der Waals surface area (Å²) in [5, 5.41) is 22.2. The molecule has 0 radical (unpaired) electrons. The average Bonchev–Trinajstić information content (AvgIpc) is 2.69. The Morgan fingerprint density at radius 2 is 1.34 bits per heavy atom. The van der Waals surface area contributed by atoms with E-state index in [0.717, 1.165) is 12.3 Å². The van der Waals surface area contributed by atoms with Gasteiger partial charge in [-0.2, -0.15) is 0 Å². The van der Waals surface area contributed by atoms with Gasteiger partial charge in [0.1, 0.15) is 0 Å². The number of hydrogen-bond acceptors (Lipinski definition) is 2. The molecule has 182 valence electrons. The molecule has 5 aliphatic rings. The van der Waals surface area contributed by atoms with E-state index in [2.05, 4.69) is 61.5 Å². The normalized spacial score (nSPS) is 56.2. The second-order valence-electron chi connectivity index (χ2n) is 15.4. The largest absolute Gasteiger partial charge is 0.392 e. The molecule has 2 unspecified atom stereocenters. The van der Waals surface area contributed by atoms with Crippen molar-refractivity contribution in [3.05, 3.63) is 11.6 Å². The van der Waals surface area contributed by atoms with Gasteiger partial charge in [-0.1, -0.05) is 67.0 Å². The minimum atomic E-state index is -0.440. The van der Waals surface area contributed by atoms with Crippen LogP contribution in [0.3, 0.4) is 0 Å². The van der Waals surface area contributed by atoms with Gasteiger partial charge in [-0.05, 0) is 90.3 Å². The monoisotopic (exact) mass is 442 g/mol. The van der Waals surface area contributed by atoms with Crippen molar-refractivity contribution in [3.8, 4) is 0 Å². The molecule has 4 saturated carbocycles. The SMILES string of the molecule is CC1(C)CC[C@]2(C)CC[C@]3(C)C4CC=C5C([C@@H](O)C[C@H](O)C5(C)C)[C@]4(C)CC[C@@]3(C)[C@@H]2C1. The van der Waals surface area contributed by atoms with Crippen molar-refractivity contribution in [2.75, 3.05) is 0 Å². The molecule has 2 heteroatoms. The molecule has 0 heterocycles. The number of allylic oxidation sites excluding steroid dienone is 1. The topological polar surface area (TPSA) is 40.5 Å². The summed E-state index contributed by atoms with van der Waals surface area (Å²) in [6.45, 7) is 19.9. The minimum Gasteiger partial charge on any atom is -0.392 e. The second kappa shape index (κ2) is 6.66. The molecule has 0 aromatic rings. The van der Waals surface area contributed by atoms with E-state index in [-0.39, 0.29) is 16.7 Å². The summed E-state index contributed by atoms with van der Waals surface area (Å²) in [5.74, 6) is 1.64. The molecule has 0 bridgehead atoms.